The summed E-state index contributed by atoms with van der Waals surface area (Å²) in [7, 11) is -3.59. The van der Waals surface area contributed by atoms with E-state index in [4.69, 9.17) is 0 Å². The third-order valence-corrected chi connectivity index (χ3v) is 3.67. The van der Waals surface area contributed by atoms with E-state index in [0.717, 1.165) is 0 Å². The van der Waals surface area contributed by atoms with Gasteiger partial charge in [-0.2, -0.15) is 13.2 Å². The number of thiol groups is 1. The molecule has 0 heterocycles. The molecule has 9 heteroatoms. The molecule has 0 rings (SSSR count). The number of ether oxygens (including phenoxy) is 1. The van der Waals surface area contributed by atoms with Crippen molar-refractivity contribution in [1.82, 2.24) is 0 Å². The third kappa shape index (κ3) is 2.93. The summed E-state index contributed by atoms with van der Waals surface area (Å²) in [6.45, 7) is 2.63. The van der Waals surface area contributed by atoms with E-state index < -0.39 is 39.1 Å². The summed E-state index contributed by atoms with van der Waals surface area (Å²) >= 11 is 0. The van der Waals surface area contributed by atoms with Gasteiger partial charge in [-0.15, -0.1) is 0 Å². The normalized spacial score (nSPS) is 13.7. The molecular formula is C9H13F5O3S. The van der Waals surface area contributed by atoms with Gasteiger partial charge in [0.05, 0.1) is 0 Å². The molecule has 0 atom stereocenters. The van der Waals surface area contributed by atoms with Crippen LogP contribution >= 0.6 is 0 Å². The number of rotatable bonds is 5. The van der Waals surface area contributed by atoms with Crippen molar-refractivity contribution < 1.29 is 35.1 Å². The van der Waals surface area contributed by atoms with E-state index in [0.29, 0.717) is 27.7 Å². The molecule has 0 aromatic heterocycles. The van der Waals surface area contributed by atoms with E-state index in [1.165, 1.54) is 0 Å². The molecule has 0 aliphatic rings. The predicted octanol–water partition coefficient (Wildman–Crippen LogP) is 2.84. The zero-order valence-electron chi connectivity index (χ0n) is 10.1. The van der Waals surface area contributed by atoms with Crippen LogP contribution in [-0.2, 0) is 15.4 Å². The van der Waals surface area contributed by atoms with Gasteiger partial charge in [0.2, 0.25) is 0 Å². The molecule has 108 valence electrons. The first-order valence-electron chi connectivity index (χ1n) is 4.69. The molecule has 0 saturated heterocycles. The van der Waals surface area contributed by atoms with Gasteiger partial charge in [-0.05, 0) is 27.7 Å². The standard InChI is InChI=1S/C9H13F5O3S/c1-7(2,17-6(12)5(10)11)9(13,14)8(3,4)18(15)16/h18H,1-4H3. The molecule has 0 radical (unpaired) electrons. The summed E-state index contributed by atoms with van der Waals surface area (Å²) in [5, 5.41) is 0. The number of alkyl halides is 2. The minimum Gasteiger partial charge on any atom is -0.454 e. The van der Waals surface area contributed by atoms with Crippen LogP contribution < -0.4 is 0 Å². The van der Waals surface area contributed by atoms with Crippen molar-refractivity contribution in [3.8, 4) is 0 Å². The van der Waals surface area contributed by atoms with Gasteiger partial charge >= 0.3 is 18.0 Å². The fourth-order valence-corrected chi connectivity index (χ4v) is 1.68. The lowest BCUT2D eigenvalue weighted by Crippen LogP contribution is -2.58. The second-order valence-corrected chi connectivity index (χ2v) is 6.17. The summed E-state index contributed by atoms with van der Waals surface area (Å²) in [6.07, 6.45) is -2.90. The molecule has 0 fully saturated rings. The first-order valence-corrected chi connectivity index (χ1v) is 5.87. The third-order valence-electron chi connectivity index (χ3n) is 2.47. The maximum absolute atomic E-state index is 13.9. The van der Waals surface area contributed by atoms with Crippen LogP contribution in [0.2, 0.25) is 0 Å². The monoisotopic (exact) mass is 296 g/mol. The molecule has 0 aromatic rings. The number of halogens is 5. The Morgan fingerprint density at radius 1 is 1.00 bits per heavy atom. The minimum absolute atomic E-state index is 0.621. The summed E-state index contributed by atoms with van der Waals surface area (Å²) < 4.78 is 86.8. The Morgan fingerprint density at radius 3 is 1.67 bits per heavy atom. The van der Waals surface area contributed by atoms with E-state index in [2.05, 4.69) is 4.74 Å². The fraction of sp³-hybridized carbons (Fsp3) is 0.778. The Bertz CT molecular complexity index is 414. The van der Waals surface area contributed by atoms with Crippen molar-refractivity contribution in [3.63, 3.8) is 0 Å². The number of hydrogen-bond acceptors (Lipinski definition) is 3. The van der Waals surface area contributed by atoms with Crippen molar-refractivity contribution in [2.24, 2.45) is 0 Å². The summed E-state index contributed by atoms with van der Waals surface area (Å²) in [4.78, 5) is 0. The van der Waals surface area contributed by atoms with E-state index in [1.807, 2.05) is 0 Å². The molecule has 0 bridgehead atoms. The Balaban J connectivity index is 5.53. The Morgan fingerprint density at radius 2 is 1.39 bits per heavy atom. The Labute approximate surface area is 103 Å². The van der Waals surface area contributed by atoms with Crippen LogP contribution in [0.15, 0.2) is 12.1 Å². The molecule has 0 unspecified atom stereocenters. The summed E-state index contributed by atoms with van der Waals surface area (Å²) in [5.41, 5.74) is -2.76. The smallest absolute Gasteiger partial charge is 0.342 e. The lowest BCUT2D eigenvalue weighted by Gasteiger charge is -2.40. The molecule has 0 amide bonds. The van der Waals surface area contributed by atoms with Gasteiger partial charge in [-0.25, -0.2) is 17.2 Å². The average Bonchev–Trinajstić information content (AvgIpc) is 2.15. The number of hydrogen-bond donors (Lipinski definition) is 1. The largest absolute Gasteiger partial charge is 0.454 e. The highest BCUT2D eigenvalue weighted by atomic mass is 32.2. The van der Waals surface area contributed by atoms with E-state index in [9.17, 15) is 30.4 Å². The maximum Gasteiger partial charge on any atom is 0.342 e. The molecule has 0 aromatic carbocycles. The molecule has 0 saturated carbocycles. The van der Waals surface area contributed by atoms with Crippen molar-refractivity contribution in [1.29, 1.82) is 0 Å². The quantitative estimate of drug-likeness (QED) is 0.482. The van der Waals surface area contributed by atoms with Gasteiger partial charge in [0.1, 0.15) is 4.75 Å². The second-order valence-electron chi connectivity index (χ2n) is 4.54. The topological polar surface area (TPSA) is 43.4 Å². The Hall–Kier alpha value is -0.860. The molecule has 0 spiro atoms. The van der Waals surface area contributed by atoms with Gasteiger partial charge < -0.3 is 4.74 Å². The molecule has 0 aliphatic carbocycles. The van der Waals surface area contributed by atoms with Gasteiger partial charge in [0.25, 0.3) is 0 Å². The molecule has 0 N–H and O–H groups in total. The zero-order valence-corrected chi connectivity index (χ0v) is 11.0. The van der Waals surface area contributed by atoms with Crippen LogP contribution in [0.25, 0.3) is 0 Å². The SMILES string of the molecule is CC(C)(OC(F)=C(F)F)C(F)(F)C(C)(C)[SH](=O)=O. The van der Waals surface area contributed by atoms with Crippen molar-refractivity contribution in [2.45, 2.75) is 44.0 Å². The second kappa shape index (κ2) is 5.02. The summed E-state index contributed by atoms with van der Waals surface area (Å²) in [6, 6.07) is -2.46. The first kappa shape index (κ1) is 17.1. The molecule has 18 heavy (non-hydrogen) atoms. The van der Waals surface area contributed by atoms with Gasteiger partial charge in [-0.3, -0.25) is 0 Å². The lowest BCUT2D eigenvalue weighted by molar-refractivity contribution is -0.198. The highest BCUT2D eigenvalue weighted by Crippen LogP contribution is 2.43. The van der Waals surface area contributed by atoms with Crippen LogP contribution in [0.1, 0.15) is 27.7 Å². The van der Waals surface area contributed by atoms with Crippen molar-refractivity contribution in [3.05, 3.63) is 12.1 Å². The van der Waals surface area contributed by atoms with Crippen LogP contribution in [-0.4, -0.2) is 24.7 Å². The Kier molecular flexibility index (Phi) is 4.78. The molecule has 0 aliphatic heterocycles. The zero-order chi connectivity index (χ0) is 14.9. The van der Waals surface area contributed by atoms with E-state index >= 15 is 0 Å². The summed E-state index contributed by atoms with van der Waals surface area (Å²) in [5.74, 6) is -4.10. The predicted molar refractivity (Wildman–Crippen MR) is 54.9 cm³/mol. The van der Waals surface area contributed by atoms with E-state index in [-0.39, 0.29) is 0 Å². The van der Waals surface area contributed by atoms with E-state index in [1.54, 1.807) is 0 Å². The fourth-order valence-electron chi connectivity index (χ4n) is 1.18. The molecule has 3 nitrogen and oxygen atoms in total. The van der Waals surface area contributed by atoms with Crippen molar-refractivity contribution in [2.75, 3.05) is 0 Å². The average molecular weight is 296 g/mol. The van der Waals surface area contributed by atoms with Gasteiger partial charge in [0.15, 0.2) is 16.3 Å². The van der Waals surface area contributed by atoms with Gasteiger partial charge in [0, 0.05) is 0 Å². The van der Waals surface area contributed by atoms with Crippen LogP contribution in [0.5, 0.6) is 0 Å². The van der Waals surface area contributed by atoms with Crippen LogP contribution in [0.3, 0.4) is 0 Å². The van der Waals surface area contributed by atoms with Crippen LogP contribution in [0, 0.1) is 0 Å². The highest BCUT2D eigenvalue weighted by molar-refractivity contribution is 7.74. The van der Waals surface area contributed by atoms with Crippen LogP contribution in [0.4, 0.5) is 22.0 Å². The maximum atomic E-state index is 13.9. The first-order chi connectivity index (χ1) is 7.77. The lowest BCUT2D eigenvalue weighted by atomic mass is 9.90. The van der Waals surface area contributed by atoms with Gasteiger partial charge in [-0.1, -0.05) is 0 Å². The molecular weight excluding hydrogens is 283 g/mol. The highest BCUT2D eigenvalue weighted by Gasteiger charge is 2.62. The van der Waals surface area contributed by atoms with Crippen molar-refractivity contribution >= 4 is 10.7 Å². The minimum atomic E-state index is -4.10.